The van der Waals surface area contributed by atoms with Crippen LogP contribution in [0.3, 0.4) is 0 Å². The van der Waals surface area contributed by atoms with Gasteiger partial charge in [0, 0.05) is 12.2 Å². The van der Waals surface area contributed by atoms with Gasteiger partial charge < -0.3 is 21.9 Å². The van der Waals surface area contributed by atoms with Crippen LogP contribution in [0.5, 0.6) is 0 Å². The second-order valence-electron chi connectivity index (χ2n) is 3.49. The molecule has 5 nitrogen and oxygen atoms in total. The highest BCUT2D eigenvalue weighted by Gasteiger charge is 2.11. The Balaban J connectivity index is 2.74. The first-order valence-corrected chi connectivity index (χ1v) is 5.06. The zero-order valence-corrected chi connectivity index (χ0v) is 9.58. The van der Waals surface area contributed by atoms with Gasteiger partial charge in [0.2, 0.25) is 5.91 Å². The molecule has 0 saturated carbocycles. The van der Waals surface area contributed by atoms with Crippen LogP contribution >= 0.6 is 11.6 Å². The Kier molecular flexibility index (Phi) is 3.98. The van der Waals surface area contributed by atoms with E-state index in [-0.39, 0.29) is 6.54 Å². The Morgan fingerprint density at radius 2 is 2.25 bits per heavy atom. The standard InChI is InChI=1S/C10H14ClN3O2/c1-5-2-7(12)6(11)3-8(5)14-4-9(15)10(13)16/h2-3,9,14-15H,4,12H2,1H3,(H2,13,16). The quantitative estimate of drug-likeness (QED) is 0.578. The predicted octanol–water partition coefficient (Wildman–Crippen LogP) is 0.489. The van der Waals surface area contributed by atoms with Gasteiger partial charge in [-0.15, -0.1) is 0 Å². The summed E-state index contributed by atoms with van der Waals surface area (Å²) in [5, 5.41) is 12.5. The molecule has 1 unspecified atom stereocenters. The number of nitrogen functional groups attached to an aromatic ring is 1. The van der Waals surface area contributed by atoms with Crippen LogP contribution in [0.25, 0.3) is 0 Å². The van der Waals surface area contributed by atoms with E-state index in [2.05, 4.69) is 5.32 Å². The summed E-state index contributed by atoms with van der Waals surface area (Å²) in [5.41, 5.74) is 12.6. The summed E-state index contributed by atoms with van der Waals surface area (Å²) in [4.78, 5) is 10.6. The fourth-order valence-electron chi connectivity index (χ4n) is 1.20. The van der Waals surface area contributed by atoms with Gasteiger partial charge in [0.15, 0.2) is 0 Å². The monoisotopic (exact) mass is 243 g/mol. The number of aliphatic hydroxyl groups is 1. The molecule has 0 radical (unpaired) electrons. The largest absolute Gasteiger partial charge is 0.398 e. The van der Waals surface area contributed by atoms with Crippen molar-refractivity contribution < 1.29 is 9.90 Å². The molecule has 0 spiro atoms. The number of hydrogen-bond donors (Lipinski definition) is 4. The van der Waals surface area contributed by atoms with Crippen LogP contribution in [0.1, 0.15) is 5.56 Å². The third-order valence-electron chi connectivity index (χ3n) is 2.16. The number of rotatable bonds is 4. The summed E-state index contributed by atoms with van der Waals surface area (Å²) in [6.45, 7) is 1.88. The van der Waals surface area contributed by atoms with E-state index in [1.807, 2.05) is 6.92 Å². The zero-order chi connectivity index (χ0) is 12.3. The summed E-state index contributed by atoms with van der Waals surface area (Å²) in [6, 6.07) is 3.35. The number of aliphatic hydroxyl groups excluding tert-OH is 1. The van der Waals surface area contributed by atoms with Crippen LogP contribution in [0.4, 0.5) is 11.4 Å². The molecule has 6 heteroatoms. The Labute approximate surface area is 98.4 Å². The third-order valence-corrected chi connectivity index (χ3v) is 2.49. The molecule has 1 rings (SSSR count). The second kappa shape index (κ2) is 5.05. The second-order valence-corrected chi connectivity index (χ2v) is 3.89. The maximum Gasteiger partial charge on any atom is 0.248 e. The van der Waals surface area contributed by atoms with Crippen LogP contribution < -0.4 is 16.8 Å². The van der Waals surface area contributed by atoms with Crippen LogP contribution in [-0.4, -0.2) is 23.7 Å². The SMILES string of the molecule is Cc1cc(N)c(Cl)cc1NCC(O)C(N)=O. The summed E-state index contributed by atoms with van der Waals surface area (Å²) < 4.78 is 0. The maximum atomic E-state index is 10.6. The number of nitrogens with two attached hydrogens (primary N) is 2. The Bertz CT molecular complexity index is 409. The van der Waals surface area contributed by atoms with Crippen molar-refractivity contribution >= 4 is 28.9 Å². The van der Waals surface area contributed by atoms with Gasteiger partial charge in [-0.05, 0) is 24.6 Å². The number of halogens is 1. The fourth-order valence-corrected chi connectivity index (χ4v) is 1.37. The van der Waals surface area contributed by atoms with Crippen molar-refractivity contribution in [2.75, 3.05) is 17.6 Å². The highest BCUT2D eigenvalue weighted by atomic mass is 35.5. The average Bonchev–Trinajstić information content (AvgIpc) is 2.20. The number of anilines is 2. The van der Waals surface area contributed by atoms with Crippen LogP contribution in [0.15, 0.2) is 12.1 Å². The molecule has 0 fully saturated rings. The van der Waals surface area contributed by atoms with Gasteiger partial charge in [0.25, 0.3) is 0 Å². The number of hydrogen-bond acceptors (Lipinski definition) is 4. The zero-order valence-electron chi connectivity index (χ0n) is 8.83. The summed E-state index contributed by atoms with van der Waals surface area (Å²) in [6.07, 6.45) is -1.23. The van der Waals surface area contributed by atoms with Crippen molar-refractivity contribution in [3.05, 3.63) is 22.7 Å². The van der Waals surface area contributed by atoms with Crippen molar-refractivity contribution in [2.45, 2.75) is 13.0 Å². The molecule has 0 heterocycles. The van der Waals surface area contributed by atoms with E-state index in [1.54, 1.807) is 12.1 Å². The van der Waals surface area contributed by atoms with E-state index in [9.17, 15) is 9.90 Å². The van der Waals surface area contributed by atoms with Gasteiger partial charge in [0.1, 0.15) is 6.10 Å². The van der Waals surface area contributed by atoms with Gasteiger partial charge in [-0.3, -0.25) is 4.79 Å². The molecule has 0 bridgehead atoms. The molecule has 0 aromatic heterocycles. The number of aryl methyl sites for hydroxylation is 1. The average molecular weight is 244 g/mol. The number of benzene rings is 1. The molecule has 88 valence electrons. The van der Waals surface area contributed by atoms with Crippen LogP contribution in [-0.2, 0) is 4.79 Å². The van der Waals surface area contributed by atoms with E-state index in [1.165, 1.54) is 0 Å². The van der Waals surface area contributed by atoms with Gasteiger partial charge in [-0.2, -0.15) is 0 Å². The lowest BCUT2D eigenvalue weighted by Crippen LogP contribution is -2.34. The molecule has 1 atom stereocenters. The van der Waals surface area contributed by atoms with Crippen molar-refractivity contribution in [2.24, 2.45) is 5.73 Å². The summed E-state index contributed by atoms with van der Waals surface area (Å²) >= 11 is 5.84. The van der Waals surface area contributed by atoms with Gasteiger partial charge >= 0.3 is 0 Å². The Hall–Kier alpha value is -1.46. The van der Waals surface area contributed by atoms with E-state index < -0.39 is 12.0 Å². The first-order chi connectivity index (χ1) is 7.41. The highest BCUT2D eigenvalue weighted by Crippen LogP contribution is 2.26. The molecular weight excluding hydrogens is 230 g/mol. The number of primary amides is 1. The number of carbonyl (C=O) groups excluding carboxylic acids is 1. The van der Waals surface area contributed by atoms with Crippen molar-refractivity contribution in [3.8, 4) is 0 Å². The molecule has 0 aliphatic carbocycles. The summed E-state index contributed by atoms with van der Waals surface area (Å²) in [7, 11) is 0. The molecule has 16 heavy (non-hydrogen) atoms. The van der Waals surface area contributed by atoms with E-state index in [0.717, 1.165) is 5.56 Å². The molecular formula is C10H14ClN3O2. The van der Waals surface area contributed by atoms with Crippen LogP contribution in [0.2, 0.25) is 5.02 Å². The third kappa shape index (κ3) is 3.01. The van der Waals surface area contributed by atoms with E-state index in [4.69, 9.17) is 23.1 Å². The highest BCUT2D eigenvalue weighted by molar-refractivity contribution is 6.33. The molecule has 1 aromatic rings. The van der Waals surface area contributed by atoms with E-state index >= 15 is 0 Å². The lowest BCUT2D eigenvalue weighted by atomic mass is 10.1. The number of amides is 1. The minimum atomic E-state index is -1.23. The van der Waals surface area contributed by atoms with Crippen molar-refractivity contribution in [1.29, 1.82) is 0 Å². The molecule has 0 aliphatic rings. The normalized spacial score (nSPS) is 12.2. The van der Waals surface area contributed by atoms with Gasteiger partial charge in [0.05, 0.1) is 10.7 Å². The minimum absolute atomic E-state index is 0.0381. The molecule has 1 amide bonds. The van der Waals surface area contributed by atoms with E-state index in [0.29, 0.717) is 16.4 Å². The van der Waals surface area contributed by atoms with Crippen molar-refractivity contribution in [3.63, 3.8) is 0 Å². The van der Waals surface area contributed by atoms with Gasteiger partial charge in [-0.1, -0.05) is 11.6 Å². The minimum Gasteiger partial charge on any atom is -0.398 e. The lowest BCUT2D eigenvalue weighted by Gasteiger charge is -2.13. The molecule has 1 aromatic carbocycles. The molecule has 6 N–H and O–H groups in total. The maximum absolute atomic E-state index is 10.6. The number of nitrogens with one attached hydrogen (secondary N) is 1. The fraction of sp³-hybridized carbons (Fsp3) is 0.300. The first kappa shape index (κ1) is 12.6. The van der Waals surface area contributed by atoms with Crippen LogP contribution in [0, 0.1) is 6.92 Å². The predicted molar refractivity (Wildman–Crippen MR) is 64.3 cm³/mol. The lowest BCUT2D eigenvalue weighted by molar-refractivity contribution is -0.125. The first-order valence-electron chi connectivity index (χ1n) is 4.68. The molecule has 0 aliphatic heterocycles. The van der Waals surface area contributed by atoms with Crippen molar-refractivity contribution in [1.82, 2.24) is 0 Å². The summed E-state index contributed by atoms with van der Waals surface area (Å²) in [5.74, 6) is -0.772. The number of carbonyl (C=O) groups is 1. The topological polar surface area (TPSA) is 101 Å². The van der Waals surface area contributed by atoms with Gasteiger partial charge in [-0.25, -0.2) is 0 Å². The molecule has 0 saturated heterocycles. The Morgan fingerprint density at radius 1 is 1.62 bits per heavy atom. The Morgan fingerprint density at radius 3 is 2.81 bits per heavy atom. The smallest absolute Gasteiger partial charge is 0.248 e.